The maximum absolute atomic E-state index is 6.07. The van der Waals surface area contributed by atoms with E-state index in [9.17, 15) is 0 Å². The number of benzene rings is 1. The van der Waals surface area contributed by atoms with Crippen molar-refractivity contribution >= 4 is 33.2 Å². The van der Waals surface area contributed by atoms with Gasteiger partial charge in [0, 0.05) is 12.7 Å². The fourth-order valence-electron chi connectivity index (χ4n) is 1.78. The molecule has 20 heavy (non-hydrogen) atoms. The molecule has 0 aliphatic carbocycles. The van der Waals surface area contributed by atoms with E-state index in [0.717, 1.165) is 15.7 Å². The van der Waals surface area contributed by atoms with Crippen molar-refractivity contribution in [1.82, 2.24) is 4.98 Å². The number of hydrogen-bond acceptors (Lipinski definition) is 4. The highest BCUT2D eigenvalue weighted by Gasteiger charge is 2.10. The molecule has 1 aromatic heterocycles. The Morgan fingerprint density at radius 2 is 2.10 bits per heavy atom. The minimum atomic E-state index is 0.602. The highest BCUT2D eigenvalue weighted by Crippen LogP contribution is 2.36. The van der Waals surface area contributed by atoms with Crippen LogP contribution in [0, 0.1) is 0 Å². The van der Waals surface area contributed by atoms with E-state index >= 15 is 0 Å². The summed E-state index contributed by atoms with van der Waals surface area (Å²) in [5.41, 5.74) is 1.83. The number of rotatable bonds is 5. The van der Waals surface area contributed by atoms with Crippen molar-refractivity contribution in [1.29, 1.82) is 0 Å². The summed E-state index contributed by atoms with van der Waals surface area (Å²) in [6.45, 7) is 0.602. The van der Waals surface area contributed by atoms with Gasteiger partial charge in [0.2, 0.25) is 0 Å². The molecular weight excluding hydrogens is 344 g/mol. The monoisotopic (exact) mass is 356 g/mol. The quantitative estimate of drug-likeness (QED) is 0.874. The molecule has 1 N–H and O–H groups in total. The van der Waals surface area contributed by atoms with Crippen molar-refractivity contribution in [2.24, 2.45) is 0 Å². The topological polar surface area (TPSA) is 43.4 Å². The lowest BCUT2D eigenvalue weighted by molar-refractivity contribution is 0.352. The van der Waals surface area contributed by atoms with Crippen LogP contribution >= 0.6 is 27.5 Å². The molecule has 4 nitrogen and oxygen atoms in total. The zero-order chi connectivity index (χ0) is 14.5. The lowest BCUT2D eigenvalue weighted by atomic mass is 10.2. The lowest BCUT2D eigenvalue weighted by Gasteiger charge is -2.13. The maximum atomic E-state index is 6.07. The molecule has 1 aromatic carbocycles. The number of methoxy groups -OCH3 is 2. The number of aromatic nitrogens is 1. The van der Waals surface area contributed by atoms with E-state index in [0.29, 0.717) is 23.1 Å². The van der Waals surface area contributed by atoms with E-state index in [1.54, 1.807) is 32.7 Å². The van der Waals surface area contributed by atoms with Gasteiger partial charge >= 0.3 is 0 Å². The van der Waals surface area contributed by atoms with Gasteiger partial charge in [0.05, 0.1) is 35.6 Å². The Hall–Kier alpha value is -1.46. The molecule has 2 rings (SSSR count). The van der Waals surface area contributed by atoms with E-state index in [1.807, 2.05) is 12.1 Å². The molecule has 0 aliphatic heterocycles. The van der Waals surface area contributed by atoms with Crippen LogP contribution < -0.4 is 14.8 Å². The van der Waals surface area contributed by atoms with Crippen LogP contribution in [0.1, 0.15) is 5.56 Å². The van der Waals surface area contributed by atoms with Crippen LogP contribution in [0.4, 0.5) is 5.69 Å². The number of pyridine rings is 1. The third-order valence-electron chi connectivity index (χ3n) is 2.74. The number of halogens is 2. The van der Waals surface area contributed by atoms with Crippen LogP contribution in [0.25, 0.3) is 0 Å². The molecule has 0 unspecified atom stereocenters. The number of nitrogens with zero attached hydrogens (tertiary/aromatic N) is 1. The van der Waals surface area contributed by atoms with E-state index in [4.69, 9.17) is 21.1 Å². The van der Waals surface area contributed by atoms with Gasteiger partial charge in [-0.25, -0.2) is 0 Å². The number of anilines is 1. The highest BCUT2D eigenvalue weighted by atomic mass is 79.9. The lowest BCUT2D eigenvalue weighted by Crippen LogP contribution is -2.02. The minimum Gasteiger partial charge on any atom is -0.493 e. The SMILES string of the molecule is COc1cc(CNc2cnccc2Cl)cc(Br)c1OC. The van der Waals surface area contributed by atoms with Crippen molar-refractivity contribution in [2.75, 3.05) is 19.5 Å². The van der Waals surface area contributed by atoms with Gasteiger partial charge in [-0.15, -0.1) is 0 Å². The second-order valence-corrected chi connectivity index (χ2v) is 5.28. The van der Waals surface area contributed by atoms with Crippen LogP contribution in [0.15, 0.2) is 35.1 Å². The Balaban J connectivity index is 2.18. The molecule has 0 bridgehead atoms. The summed E-state index contributed by atoms with van der Waals surface area (Å²) in [6.07, 6.45) is 3.35. The standard InChI is InChI=1S/C14H14BrClN2O2/c1-19-13-6-9(5-10(15)14(13)20-2)7-18-12-8-17-4-3-11(12)16/h3-6,8,18H,7H2,1-2H3. The third-order valence-corrected chi connectivity index (χ3v) is 3.66. The number of nitrogens with one attached hydrogen (secondary N) is 1. The normalized spacial score (nSPS) is 10.2. The molecule has 0 amide bonds. The largest absolute Gasteiger partial charge is 0.493 e. The summed E-state index contributed by atoms with van der Waals surface area (Å²) >= 11 is 9.54. The average molecular weight is 358 g/mol. The van der Waals surface area contributed by atoms with Crippen LogP contribution in [-0.2, 0) is 6.54 Å². The summed E-state index contributed by atoms with van der Waals surface area (Å²) in [5, 5.41) is 3.87. The van der Waals surface area contributed by atoms with Gasteiger partial charge in [-0.3, -0.25) is 4.98 Å². The first-order chi connectivity index (χ1) is 9.65. The predicted molar refractivity (Wildman–Crippen MR) is 83.8 cm³/mol. The molecular formula is C14H14BrClN2O2. The van der Waals surface area contributed by atoms with Crippen molar-refractivity contribution in [2.45, 2.75) is 6.54 Å². The third kappa shape index (κ3) is 3.35. The first-order valence-electron chi connectivity index (χ1n) is 5.89. The first kappa shape index (κ1) is 14.9. The van der Waals surface area contributed by atoms with Gasteiger partial charge < -0.3 is 14.8 Å². The zero-order valence-corrected chi connectivity index (χ0v) is 13.5. The molecule has 0 fully saturated rings. The fraction of sp³-hybridized carbons (Fsp3) is 0.214. The van der Waals surface area contributed by atoms with Crippen LogP contribution in [0.3, 0.4) is 0 Å². The van der Waals surface area contributed by atoms with Gasteiger partial charge in [0.15, 0.2) is 11.5 Å². The van der Waals surface area contributed by atoms with Crippen LogP contribution in [0.5, 0.6) is 11.5 Å². The molecule has 6 heteroatoms. The zero-order valence-electron chi connectivity index (χ0n) is 11.1. The summed E-state index contributed by atoms with van der Waals surface area (Å²) in [6, 6.07) is 5.63. The Morgan fingerprint density at radius 3 is 2.75 bits per heavy atom. The predicted octanol–water partition coefficient (Wildman–Crippen LogP) is 4.13. The molecule has 0 saturated carbocycles. The molecule has 0 radical (unpaired) electrons. The summed E-state index contributed by atoms with van der Waals surface area (Å²) in [5.74, 6) is 1.35. The fourth-order valence-corrected chi connectivity index (χ4v) is 2.60. The van der Waals surface area contributed by atoms with Gasteiger partial charge in [-0.2, -0.15) is 0 Å². The van der Waals surface area contributed by atoms with Crippen molar-refractivity contribution in [3.63, 3.8) is 0 Å². The van der Waals surface area contributed by atoms with Gasteiger partial charge in [0.1, 0.15) is 0 Å². The second-order valence-electron chi connectivity index (χ2n) is 4.02. The summed E-state index contributed by atoms with van der Waals surface area (Å²) in [4.78, 5) is 4.04. The molecule has 0 atom stereocenters. The highest BCUT2D eigenvalue weighted by molar-refractivity contribution is 9.10. The minimum absolute atomic E-state index is 0.602. The van der Waals surface area contributed by atoms with Gasteiger partial charge in [-0.1, -0.05) is 11.6 Å². The maximum Gasteiger partial charge on any atom is 0.174 e. The van der Waals surface area contributed by atoms with E-state index in [1.165, 1.54) is 0 Å². The Bertz CT molecular complexity index is 608. The smallest absolute Gasteiger partial charge is 0.174 e. The van der Waals surface area contributed by atoms with Crippen LogP contribution in [0.2, 0.25) is 5.02 Å². The van der Waals surface area contributed by atoms with E-state index < -0.39 is 0 Å². The second kappa shape index (κ2) is 6.81. The van der Waals surface area contributed by atoms with Crippen molar-refractivity contribution in [3.8, 4) is 11.5 Å². The summed E-state index contributed by atoms with van der Waals surface area (Å²) in [7, 11) is 3.22. The Morgan fingerprint density at radius 1 is 1.30 bits per heavy atom. The summed E-state index contributed by atoms with van der Waals surface area (Å²) < 4.78 is 11.4. The van der Waals surface area contributed by atoms with E-state index in [-0.39, 0.29) is 0 Å². The Kier molecular flexibility index (Phi) is 5.09. The van der Waals surface area contributed by atoms with E-state index in [2.05, 4.69) is 26.2 Å². The Labute approximate surface area is 131 Å². The van der Waals surface area contributed by atoms with Crippen molar-refractivity contribution in [3.05, 3.63) is 45.7 Å². The first-order valence-corrected chi connectivity index (χ1v) is 7.06. The number of ether oxygens (including phenoxy) is 2. The number of hydrogen-bond donors (Lipinski definition) is 1. The van der Waals surface area contributed by atoms with Gasteiger partial charge in [-0.05, 0) is 39.7 Å². The molecule has 0 saturated heterocycles. The van der Waals surface area contributed by atoms with Gasteiger partial charge in [0.25, 0.3) is 0 Å². The molecule has 1 heterocycles. The average Bonchev–Trinajstić information content (AvgIpc) is 2.45. The molecule has 0 aliphatic rings. The van der Waals surface area contributed by atoms with Crippen molar-refractivity contribution < 1.29 is 9.47 Å². The molecule has 106 valence electrons. The molecule has 2 aromatic rings. The van der Waals surface area contributed by atoms with Crippen LogP contribution in [-0.4, -0.2) is 19.2 Å². The molecule has 0 spiro atoms.